The van der Waals surface area contributed by atoms with E-state index in [2.05, 4.69) is 15.5 Å². The maximum atomic E-state index is 6.14. The molecule has 1 saturated heterocycles. The summed E-state index contributed by atoms with van der Waals surface area (Å²) in [4.78, 5) is 4.58. The van der Waals surface area contributed by atoms with Crippen LogP contribution in [0.5, 0.6) is 5.75 Å². The number of anilines is 1. The fraction of sp³-hybridized carbons (Fsp3) is 0.238. The Bertz CT molecular complexity index is 889. The van der Waals surface area contributed by atoms with E-state index in [4.69, 9.17) is 9.47 Å². The van der Waals surface area contributed by atoms with Crippen molar-refractivity contribution in [3.05, 3.63) is 65.5 Å². The topological polar surface area (TPSA) is 55.7 Å². The number of hydrazone groups is 1. The Hall–Kier alpha value is -2.70. The summed E-state index contributed by atoms with van der Waals surface area (Å²) in [6.07, 6.45) is 3.82. The quantitative estimate of drug-likeness (QED) is 0.493. The Labute approximate surface area is 162 Å². The van der Waals surface area contributed by atoms with Crippen molar-refractivity contribution in [3.8, 4) is 17.0 Å². The smallest absolute Gasteiger partial charge is 0.203 e. The van der Waals surface area contributed by atoms with Crippen molar-refractivity contribution in [2.24, 2.45) is 5.10 Å². The second-order valence-electron chi connectivity index (χ2n) is 6.24. The molecule has 6 heteroatoms. The van der Waals surface area contributed by atoms with Gasteiger partial charge in [0.25, 0.3) is 0 Å². The minimum absolute atomic E-state index is 0.202. The molecular formula is C21H21N3O2S. The lowest BCUT2D eigenvalue weighted by molar-refractivity contribution is 0.0255. The fourth-order valence-electron chi connectivity index (χ4n) is 2.89. The summed E-state index contributed by atoms with van der Waals surface area (Å²) in [5, 5.41) is 7.12. The summed E-state index contributed by atoms with van der Waals surface area (Å²) in [6, 6.07) is 18.0. The lowest BCUT2D eigenvalue weighted by atomic mass is 10.1. The number of thiazole rings is 1. The molecule has 0 spiro atoms. The van der Waals surface area contributed by atoms with E-state index < -0.39 is 0 Å². The van der Waals surface area contributed by atoms with Crippen LogP contribution in [0.3, 0.4) is 0 Å². The van der Waals surface area contributed by atoms with E-state index in [1.54, 1.807) is 6.21 Å². The lowest BCUT2D eigenvalue weighted by Gasteiger charge is -2.24. The maximum Gasteiger partial charge on any atom is 0.203 e. The number of para-hydroxylation sites is 1. The normalized spacial score (nSPS) is 15.1. The van der Waals surface area contributed by atoms with Crippen LogP contribution in [0, 0.1) is 0 Å². The van der Waals surface area contributed by atoms with Crippen LogP contribution in [0.15, 0.2) is 65.1 Å². The van der Waals surface area contributed by atoms with Gasteiger partial charge in [0.05, 0.1) is 25.1 Å². The van der Waals surface area contributed by atoms with Crippen LogP contribution in [-0.2, 0) is 4.74 Å². The number of nitrogens with one attached hydrogen (secondary N) is 1. The summed E-state index contributed by atoms with van der Waals surface area (Å²) in [6.45, 7) is 1.52. The van der Waals surface area contributed by atoms with Gasteiger partial charge in [-0.25, -0.2) is 4.98 Å². The Morgan fingerprint density at radius 1 is 1.07 bits per heavy atom. The molecule has 0 radical (unpaired) electrons. The number of hydrogen-bond acceptors (Lipinski definition) is 6. The first-order chi connectivity index (χ1) is 13.4. The van der Waals surface area contributed by atoms with Crippen LogP contribution in [0.2, 0.25) is 0 Å². The molecule has 0 atom stereocenters. The highest BCUT2D eigenvalue weighted by Gasteiger charge is 2.16. The zero-order valence-corrected chi connectivity index (χ0v) is 15.7. The SMILES string of the molecule is C(=NNc1nc(-c2ccccc2)cs1)c1ccccc1OC1CCOCC1. The molecule has 0 bridgehead atoms. The lowest BCUT2D eigenvalue weighted by Crippen LogP contribution is -2.26. The van der Waals surface area contributed by atoms with Gasteiger partial charge in [0.2, 0.25) is 5.13 Å². The van der Waals surface area contributed by atoms with Crippen LogP contribution in [-0.4, -0.2) is 30.5 Å². The molecule has 2 heterocycles. The monoisotopic (exact) mass is 379 g/mol. The van der Waals surface area contributed by atoms with E-state index in [1.165, 1.54) is 11.3 Å². The highest BCUT2D eigenvalue weighted by molar-refractivity contribution is 7.14. The summed E-state index contributed by atoms with van der Waals surface area (Å²) in [7, 11) is 0. The molecule has 1 N–H and O–H groups in total. The van der Waals surface area contributed by atoms with Gasteiger partial charge in [0, 0.05) is 29.3 Å². The molecule has 1 aliphatic rings. The molecule has 3 aromatic rings. The minimum atomic E-state index is 0.202. The molecule has 5 nitrogen and oxygen atoms in total. The minimum Gasteiger partial charge on any atom is -0.490 e. The van der Waals surface area contributed by atoms with Gasteiger partial charge in [-0.2, -0.15) is 5.10 Å². The highest BCUT2D eigenvalue weighted by atomic mass is 32.1. The van der Waals surface area contributed by atoms with E-state index >= 15 is 0 Å². The molecule has 4 rings (SSSR count). The number of rotatable bonds is 6. The van der Waals surface area contributed by atoms with Crippen molar-refractivity contribution in [2.45, 2.75) is 18.9 Å². The Balaban J connectivity index is 1.41. The van der Waals surface area contributed by atoms with Crippen molar-refractivity contribution < 1.29 is 9.47 Å². The number of ether oxygens (including phenoxy) is 2. The van der Waals surface area contributed by atoms with Gasteiger partial charge >= 0.3 is 0 Å². The van der Waals surface area contributed by atoms with Crippen LogP contribution >= 0.6 is 11.3 Å². The van der Waals surface area contributed by atoms with Crippen LogP contribution < -0.4 is 10.2 Å². The predicted octanol–water partition coefficient (Wildman–Crippen LogP) is 4.81. The van der Waals surface area contributed by atoms with Gasteiger partial charge in [0.1, 0.15) is 11.9 Å². The first kappa shape index (κ1) is 17.7. The van der Waals surface area contributed by atoms with E-state index in [9.17, 15) is 0 Å². The van der Waals surface area contributed by atoms with Crippen LogP contribution in [0.4, 0.5) is 5.13 Å². The van der Waals surface area contributed by atoms with Crippen LogP contribution in [0.25, 0.3) is 11.3 Å². The van der Waals surface area contributed by atoms with Crippen LogP contribution in [0.1, 0.15) is 18.4 Å². The van der Waals surface area contributed by atoms with E-state index in [0.717, 1.165) is 53.8 Å². The zero-order chi connectivity index (χ0) is 18.3. The zero-order valence-electron chi connectivity index (χ0n) is 14.9. The van der Waals surface area contributed by atoms with E-state index in [1.807, 2.05) is 60.0 Å². The summed E-state index contributed by atoms with van der Waals surface area (Å²) >= 11 is 1.53. The third kappa shape index (κ3) is 4.72. The maximum absolute atomic E-state index is 6.14. The van der Waals surface area contributed by atoms with Gasteiger partial charge in [-0.05, 0) is 12.1 Å². The largest absolute Gasteiger partial charge is 0.490 e. The van der Waals surface area contributed by atoms with Gasteiger partial charge in [-0.3, -0.25) is 5.43 Å². The van der Waals surface area contributed by atoms with Crippen molar-refractivity contribution in [1.82, 2.24) is 4.98 Å². The number of benzene rings is 2. The standard InChI is InChI=1S/C21H21N3O2S/c1-2-6-16(7-3-1)19-15-27-21(23-19)24-22-14-17-8-4-5-9-20(17)26-18-10-12-25-13-11-18/h1-9,14-15,18H,10-13H2,(H,23,24). The molecule has 0 unspecified atom stereocenters. The Morgan fingerprint density at radius 3 is 2.70 bits per heavy atom. The van der Waals surface area contributed by atoms with Crippen molar-refractivity contribution in [2.75, 3.05) is 18.6 Å². The molecule has 2 aromatic carbocycles. The first-order valence-electron chi connectivity index (χ1n) is 9.02. The second-order valence-corrected chi connectivity index (χ2v) is 7.10. The summed E-state index contributed by atoms with van der Waals surface area (Å²) in [5.41, 5.74) is 6.00. The van der Waals surface area contributed by atoms with Gasteiger partial charge in [-0.15, -0.1) is 11.3 Å². The third-order valence-corrected chi connectivity index (χ3v) is 5.07. The molecule has 27 heavy (non-hydrogen) atoms. The number of hydrogen-bond donors (Lipinski definition) is 1. The molecule has 0 amide bonds. The van der Waals surface area contributed by atoms with Gasteiger partial charge in [-0.1, -0.05) is 42.5 Å². The molecule has 0 aliphatic carbocycles. The summed E-state index contributed by atoms with van der Waals surface area (Å²) in [5.74, 6) is 0.846. The Kier molecular flexibility index (Phi) is 5.76. The highest BCUT2D eigenvalue weighted by Crippen LogP contribution is 2.25. The first-order valence-corrected chi connectivity index (χ1v) is 9.90. The summed E-state index contributed by atoms with van der Waals surface area (Å²) < 4.78 is 11.5. The molecular weight excluding hydrogens is 358 g/mol. The molecule has 1 aliphatic heterocycles. The van der Waals surface area contributed by atoms with Crippen molar-refractivity contribution in [3.63, 3.8) is 0 Å². The molecule has 138 valence electrons. The predicted molar refractivity (Wildman–Crippen MR) is 110 cm³/mol. The van der Waals surface area contributed by atoms with E-state index in [-0.39, 0.29) is 6.10 Å². The van der Waals surface area contributed by atoms with Gasteiger partial charge < -0.3 is 9.47 Å². The molecule has 0 saturated carbocycles. The third-order valence-electron chi connectivity index (χ3n) is 4.32. The fourth-order valence-corrected chi connectivity index (χ4v) is 3.56. The van der Waals surface area contributed by atoms with Crippen molar-refractivity contribution >= 4 is 22.7 Å². The molecule has 1 fully saturated rings. The van der Waals surface area contributed by atoms with E-state index in [0.29, 0.717) is 0 Å². The second kappa shape index (κ2) is 8.79. The Morgan fingerprint density at radius 2 is 1.85 bits per heavy atom. The molecule has 1 aromatic heterocycles. The number of aromatic nitrogens is 1. The van der Waals surface area contributed by atoms with Crippen molar-refractivity contribution in [1.29, 1.82) is 0 Å². The average molecular weight is 379 g/mol. The number of nitrogens with zero attached hydrogens (tertiary/aromatic N) is 2. The average Bonchev–Trinajstić information content (AvgIpc) is 3.20. The van der Waals surface area contributed by atoms with Gasteiger partial charge in [0.15, 0.2) is 0 Å².